The number of esters is 2. The Morgan fingerprint density at radius 3 is 2.10 bits per heavy atom. The van der Waals surface area contributed by atoms with E-state index >= 15 is 0 Å². The molecule has 3 N–H and O–H groups in total. The molecule has 0 saturated carbocycles. The standard InChI is InChI=1S/C13H12O7/c1-13(2)19-11(17)7(12(18)20-13)5-6-3-4-8(14)10(16)9(6)15/h3-5,14-16H,1-2H3. The van der Waals surface area contributed by atoms with Crippen LogP contribution in [0.4, 0.5) is 0 Å². The normalized spacial score (nSPS) is 17.4. The fraction of sp³-hybridized carbons (Fsp3) is 0.231. The fourth-order valence-corrected chi connectivity index (χ4v) is 1.64. The third kappa shape index (κ3) is 2.37. The van der Waals surface area contributed by atoms with E-state index < -0.39 is 40.5 Å². The number of phenols is 3. The van der Waals surface area contributed by atoms with Gasteiger partial charge in [-0.05, 0) is 18.2 Å². The predicted octanol–water partition coefficient (Wildman–Crippen LogP) is 1.02. The molecule has 1 aliphatic rings. The number of ether oxygens (including phenoxy) is 2. The van der Waals surface area contributed by atoms with Crippen LogP contribution in [0.3, 0.4) is 0 Å². The number of carbonyl (C=O) groups is 2. The van der Waals surface area contributed by atoms with Crippen molar-refractivity contribution in [3.8, 4) is 17.2 Å². The van der Waals surface area contributed by atoms with Crippen LogP contribution in [0.15, 0.2) is 17.7 Å². The number of aromatic hydroxyl groups is 3. The van der Waals surface area contributed by atoms with Gasteiger partial charge in [0.05, 0.1) is 0 Å². The van der Waals surface area contributed by atoms with Gasteiger partial charge in [-0.1, -0.05) is 0 Å². The first kappa shape index (κ1) is 13.7. The van der Waals surface area contributed by atoms with Crippen molar-refractivity contribution in [2.75, 3.05) is 0 Å². The van der Waals surface area contributed by atoms with E-state index in [1.807, 2.05) is 0 Å². The van der Waals surface area contributed by atoms with E-state index in [0.29, 0.717) is 0 Å². The SMILES string of the molecule is CC1(C)OC(=O)C(=Cc2ccc(O)c(O)c2O)C(=O)O1. The Balaban J connectivity index is 2.44. The molecule has 0 aromatic heterocycles. The molecule has 1 saturated heterocycles. The maximum atomic E-state index is 11.7. The van der Waals surface area contributed by atoms with Crippen LogP contribution in [-0.4, -0.2) is 33.0 Å². The molecule has 0 radical (unpaired) electrons. The zero-order valence-electron chi connectivity index (χ0n) is 10.7. The van der Waals surface area contributed by atoms with Crippen molar-refractivity contribution in [3.05, 3.63) is 23.3 Å². The lowest BCUT2D eigenvalue weighted by Crippen LogP contribution is -2.41. The fourth-order valence-electron chi connectivity index (χ4n) is 1.64. The molecule has 0 amide bonds. The average Bonchev–Trinajstić information content (AvgIpc) is 2.32. The van der Waals surface area contributed by atoms with Crippen LogP contribution in [0, 0.1) is 0 Å². The van der Waals surface area contributed by atoms with Crippen molar-refractivity contribution in [2.45, 2.75) is 19.6 Å². The van der Waals surface area contributed by atoms with Crippen molar-refractivity contribution in [1.82, 2.24) is 0 Å². The lowest BCUT2D eigenvalue weighted by atomic mass is 10.1. The number of carbonyl (C=O) groups excluding carboxylic acids is 2. The predicted molar refractivity (Wildman–Crippen MR) is 65.7 cm³/mol. The highest BCUT2D eigenvalue weighted by atomic mass is 16.7. The summed E-state index contributed by atoms with van der Waals surface area (Å²) >= 11 is 0. The monoisotopic (exact) mass is 280 g/mol. The van der Waals surface area contributed by atoms with Gasteiger partial charge < -0.3 is 24.8 Å². The van der Waals surface area contributed by atoms with E-state index in [1.54, 1.807) is 0 Å². The lowest BCUT2D eigenvalue weighted by molar-refractivity contribution is -0.222. The molecule has 7 heteroatoms. The summed E-state index contributed by atoms with van der Waals surface area (Å²) in [6.45, 7) is 2.81. The molecular formula is C13H12O7. The highest BCUT2D eigenvalue weighted by Crippen LogP contribution is 2.38. The average molecular weight is 280 g/mol. The van der Waals surface area contributed by atoms with E-state index in [1.165, 1.54) is 19.9 Å². The number of benzene rings is 1. The van der Waals surface area contributed by atoms with E-state index in [-0.39, 0.29) is 5.56 Å². The molecule has 20 heavy (non-hydrogen) atoms. The molecule has 0 unspecified atom stereocenters. The molecular weight excluding hydrogens is 268 g/mol. The molecule has 1 aromatic rings. The lowest BCUT2D eigenvalue weighted by Gasteiger charge is -2.29. The van der Waals surface area contributed by atoms with Gasteiger partial charge >= 0.3 is 11.9 Å². The quantitative estimate of drug-likeness (QED) is 0.304. The first-order chi connectivity index (χ1) is 9.21. The largest absolute Gasteiger partial charge is 0.504 e. The van der Waals surface area contributed by atoms with Gasteiger partial charge in [-0.3, -0.25) is 0 Å². The molecule has 0 aliphatic carbocycles. The Kier molecular flexibility index (Phi) is 3.05. The van der Waals surface area contributed by atoms with E-state index in [0.717, 1.165) is 12.1 Å². The van der Waals surface area contributed by atoms with E-state index in [4.69, 9.17) is 9.47 Å². The third-order valence-corrected chi connectivity index (χ3v) is 2.58. The summed E-state index contributed by atoms with van der Waals surface area (Å²) in [7, 11) is 0. The molecule has 2 rings (SSSR count). The summed E-state index contributed by atoms with van der Waals surface area (Å²) in [5.74, 6) is -5.11. The van der Waals surface area contributed by atoms with Gasteiger partial charge in [-0.25, -0.2) is 9.59 Å². The first-order valence-corrected chi connectivity index (χ1v) is 5.63. The van der Waals surface area contributed by atoms with Crippen LogP contribution in [-0.2, 0) is 19.1 Å². The number of cyclic esters (lactones) is 2. The molecule has 7 nitrogen and oxygen atoms in total. The minimum Gasteiger partial charge on any atom is -0.504 e. The molecule has 1 aromatic carbocycles. The summed E-state index contributed by atoms with van der Waals surface area (Å²) in [4.78, 5) is 23.4. The topological polar surface area (TPSA) is 113 Å². The van der Waals surface area contributed by atoms with E-state index in [2.05, 4.69) is 0 Å². The Labute approximate surface area is 113 Å². The van der Waals surface area contributed by atoms with Gasteiger partial charge in [0.25, 0.3) is 5.79 Å². The maximum absolute atomic E-state index is 11.7. The minimum atomic E-state index is -1.36. The van der Waals surface area contributed by atoms with Crippen molar-refractivity contribution < 1.29 is 34.4 Å². The smallest absolute Gasteiger partial charge is 0.348 e. The molecule has 0 bridgehead atoms. The van der Waals surface area contributed by atoms with Gasteiger partial charge in [0.1, 0.15) is 5.57 Å². The Hall–Kier alpha value is -2.70. The highest BCUT2D eigenvalue weighted by Gasteiger charge is 2.39. The van der Waals surface area contributed by atoms with Crippen LogP contribution in [0.25, 0.3) is 6.08 Å². The summed E-state index contributed by atoms with van der Waals surface area (Å²) in [6, 6.07) is 2.32. The zero-order valence-corrected chi connectivity index (χ0v) is 10.7. The second-order valence-electron chi connectivity index (χ2n) is 4.61. The molecule has 0 spiro atoms. The Morgan fingerprint density at radius 2 is 1.55 bits per heavy atom. The molecule has 1 heterocycles. The Morgan fingerprint density at radius 1 is 1.00 bits per heavy atom. The van der Waals surface area contributed by atoms with Gasteiger partial charge in [0, 0.05) is 19.4 Å². The van der Waals surface area contributed by atoms with Gasteiger partial charge in [0.2, 0.25) is 5.75 Å². The molecule has 106 valence electrons. The minimum absolute atomic E-state index is 0.0380. The van der Waals surface area contributed by atoms with Gasteiger partial charge in [0.15, 0.2) is 11.5 Å². The van der Waals surface area contributed by atoms with Crippen LogP contribution in [0.2, 0.25) is 0 Å². The van der Waals surface area contributed by atoms with E-state index in [9.17, 15) is 24.9 Å². The van der Waals surface area contributed by atoms with Crippen LogP contribution in [0.1, 0.15) is 19.4 Å². The third-order valence-electron chi connectivity index (χ3n) is 2.58. The number of phenolic OH excluding ortho intramolecular Hbond substituents is 3. The number of rotatable bonds is 1. The van der Waals surface area contributed by atoms with Crippen molar-refractivity contribution in [3.63, 3.8) is 0 Å². The van der Waals surface area contributed by atoms with Crippen LogP contribution < -0.4 is 0 Å². The summed E-state index contributed by atoms with van der Waals surface area (Å²) in [5.41, 5.74) is -0.464. The summed E-state index contributed by atoms with van der Waals surface area (Å²) < 4.78 is 9.76. The summed E-state index contributed by atoms with van der Waals surface area (Å²) in [6.07, 6.45) is 1.01. The van der Waals surface area contributed by atoms with Crippen LogP contribution in [0.5, 0.6) is 17.2 Å². The highest BCUT2D eigenvalue weighted by molar-refractivity contribution is 6.19. The second kappa shape index (κ2) is 4.44. The summed E-state index contributed by atoms with van der Waals surface area (Å²) in [5, 5.41) is 28.2. The van der Waals surface area contributed by atoms with Gasteiger partial charge in [-0.2, -0.15) is 0 Å². The van der Waals surface area contributed by atoms with Crippen LogP contribution >= 0.6 is 0 Å². The van der Waals surface area contributed by atoms with Crippen molar-refractivity contribution in [1.29, 1.82) is 0 Å². The molecule has 1 fully saturated rings. The zero-order chi connectivity index (χ0) is 15.1. The maximum Gasteiger partial charge on any atom is 0.348 e. The van der Waals surface area contributed by atoms with Gasteiger partial charge in [-0.15, -0.1) is 0 Å². The van der Waals surface area contributed by atoms with Crippen molar-refractivity contribution >= 4 is 18.0 Å². The van der Waals surface area contributed by atoms with Crippen molar-refractivity contribution in [2.24, 2.45) is 0 Å². The number of hydrogen-bond acceptors (Lipinski definition) is 7. The number of hydrogen-bond donors (Lipinski definition) is 3. The molecule has 1 aliphatic heterocycles. The molecule has 0 atom stereocenters. The Bertz CT molecular complexity index is 606. The second-order valence-corrected chi connectivity index (χ2v) is 4.61. The first-order valence-electron chi connectivity index (χ1n) is 5.63.